The molecule has 0 radical (unpaired) electrons. The zero-order valence-electron chi connectivity index (χ0n) is 18.9. The molecule has 1 amide bonds. The van der Waals surface area contributed by atoms with Gasteiger partial charge in [-0.3, -0.25) is 14.2 Å². The van der Waals surface area contributed by atoms with Crippen molar-refractivity contribution in [2.75, 3.05) is 18.0 Å². The number of aromatic nitrogens is 3. The molecule has 0 aliphatic carbocycles. The summed E-state index contributed by atoms with van der Waals surface area (Å²) < 4.78 is 1.69. The highest BCUT2D eigenvalue weighted by Crippen LogP contribution is 2.22. The van der Waals surface area contributed by atoms with Gasteiger partial charge in [0.2, 0.25) is 5.91 Å². The Hall–Kier alpha value is -4.00. The molecule has 172 valence electrons. The SMILES string of the molecule is O=C(NCc1ccccc1)[C@@H]1CCCN(c2nc3cccnc3n(Cc3ccccc3)c2=O)C1. The standard InChI is InChI=1S/C27H27N5O2/c33-26(29-17-20-9-3-1-4-10-20)22-13-8-16-31(19-22)25-27(34)32(18-21-11-5-2-6-12-21)24-23(30-25)14-7-15-28-24/h1-7,9-12,14-15,22H,8,13,16-19H2,(H,29,33)/t22-/m1/s1. The molecule has 1 saturated heterocycles. The Morgan fingerprint density at radius 1 is 0.971 bits per heavy atom. The maximum Gasteiger partial charge on any atom is 0.295 e. The second-order valence-electron chi connectivity index (χ2n) is 8.65. The average molecular weight is 454 g/mol. The van der Waals surface area contributed by atoms with E-state index < -0.39 is 0 Å². The minimum absolute atomic E-state index is 0.0145. The van der Waals surface area contributed by atoms with Crippen LogP contribution < -0.4 is 15.8 Å². The number of carbonyl (C=O) groups is 1. The lowest BCUT2D eigenvalue weighted by molar-refractivity contribution is -0.125. The summed E-state index contributed by atoms with van der Waals surface area (Å²) >= 11 is 0. The quantitative estimate of drug-likeness (QED) is 0.484. The largest absolute Gasteiger partial charge is 0.352 e. The minimum Gasteiger partial charge on any atom is -0.352 e. The fraction of sp³-hybridized carbons (Fsp3) is 0.259. The van der Waals surface area contributed by atoms with Crippen molar-refractivity contribution in [2.24, 2.45) is 5.92 Å². The monoisotopic (exact) mass is 453 g/mol. The summed E-state index contributed by atoms with van der Waals surface area (Å²) in [6.45, 7) is 2.08. The van der Waals surface area contributed by atoms with Gasteiger partial charge < -0.3 is 10.2 Å². The Balaban J connectivity index is 1.40. The molecule has 7 heteroatoms. The Morgan fingerprint density at radius 3 is 2.47 bits per heavy atom. The summed E-state index contributed by atoms with van der Waals surface area (Å²) in [6, 6.07) is 23.4. The summed E-state index contributed by atoms with van der Waals surface area (Å²) in [5.41, 5.74) is 3.14. The topological polar surface area (TPSA) is 80.1 Å². The lowest BCUT2D eigenvalue weighted by Crippen LogP contribution is -2.45. The first-order valence-electron chi connectivity index (χ1n) is 11.6. The molecule has 0 bridgehead atoms. The van der Waals surface area contributed by atoms with Gasteiger partial charge in [0.15, 0.2) is 11.5 Å². The summed E-state index contributed by atoms with van der Waals surface area (Å²) in [5.74, 6) is 0.212. The van der Waals surface area contributed by atoms with Crippen LogP contribution in [0.25, 0.3) is 11.2 Å². The Labute approximate surface area is 198 Å². The van der Waals surface area contributed by atoms with Gasteiger partial charge in [0, 0.05) is 25.8 Å². The average Bonchev–Trinajstić information content (AvgIpc) is 2.90. The molecule has 1 N–H and O–H groups in total. The van der Waals surface area contributed by atoms with E-state index in [9.17, 15) is 9.59 Å². The number of amides is 1. The van der Waals surface area contributed by atoms with Crippen LogP contribution in [-0.4, -0.2) is 33.5 Å². The molecule has 7 nitrogen and oxygen atoms in total. The van der Waals surface area contributed by atoms with Gasteiger partial charge in [-0.2, -0.15) is 0 Å². The van der Waals surface area contributed by atoms with Crippen molar-refractivity contribution < 1.29 is 4.79 Å². The van der Waals surface area contributed by atoms with E-state index in [0.29, 0.717) is 43.2 Å². The van der Waals surface area contributed by atoms with Crippen molar-refractivity contribution in [3.05, 3.63) is 100 Å². The van der Waals surface area contributed by atoms with E-state index in [-0.39, 0.29) is 17.4 Å². The first kappa shape index (κ1) is 21.8. The van der Waals surface area contributed by atoms with E-state index >= 15 is 0 Å². The maximum absolute atomic E-state index is 13.6. The van der Waals surface area contributed by atoms with E-state index in [4.69, 9.17) is 0 Å². The first-order valence-corrected chi connectivity index (χ1v) is 11.6. The van der Waals surface area contributed by atoms with Crippen LogP contribution in [0, 0.1) is 5.92 Å². The number of hydrogen-bond acceptors (Lipinski definition) is 5. The third-order valence-electron chi connectivity index (χ3n) is 6.27. The number of piperidine rings is 1. The molecule has 3 heterocycles. The highest BCUT2D eigenvalue weighted by Gasteiger charge is 2.28. The van der Waals surface area contributed by atoms with Crippen LogP contribution >= 0.6 is 0 Å². The normalized spacial score (nSPS) is 15.9. The van der Waals surface area contributed by atoms with Crippen LogP contribution in [0.3, 0.4) is 0 Å². The van der Waals surface area contributed by atoms with Gasteiger partial charge >= 0.3 is 0 Å². The number of pyridine rings is 1. The van der Waals surface area contributed by atoms with E-state index in [1.165, 1.54) is 0 Å². The Kier molecular flexibility index (Phi) is 6.33. The lowest BCUT2D eigenvalue weighted by atomic mass is 9.97. The van der Waals surface area contributed by atoms with Crippen molar-refractivity contribution in [2.45, 2.75) is 25.9 Å². The van der Waals surface area contributed by atoms with Crippen LogP contribution in [-0.2, 0) is 17.9 Å². The van der Waals surface area contributed by atoms with Gasteiger partial charge in [-0.05, 0) is 36.1 Å². The number of rotatable bonds is 6. The number of hydrogen-bond donors (Lipinski definition) is 1. The van der Waals surface area contributed by atoms with Crippen molar-refractivity contribution in [3.63, 3.8) is 0 Å². The van der Waals surface area contributed by atoms with Gasteiger partial charge in [0.25, 0.3) is 5.56 Å². The lowest BCUT2D eigenvalue weighted by Gasteiger charge is -2.32. The van der Waals surface area contributed by atoms with E-state index in [1.54, 1.807) is 10.8 Å². The van der Waals surface area contributed by atoms with Crippen molar-refractivity contribution in [3.8, 4) is 0 Å². The van der Waals surface area contributed by atoms with E-state index in [1.807, 2.05) is 77.7 Å². The van der Waals surface area contributed by atoms with Crippen LogP contribution in [0.2, 0.25) is 0 Å². The zero-order chi connectivity index (χ0) is 23.3. The smallest absolute Gasteiger partial charge is 0.295 e. The highest BCUT2D eigenvalue weighted by molar-refractivity contribution is 5.79. The van der Waals surface area contributed by atoms with Crippen LogP contribution in [0.15, 0.2) is 83.8 Å². The molecule has 4 aromatic rings. The van der Waals surface area contributed by atoms with Gasteiger partial charge in [-0.1, -0.05) is 60.7 Å². The number of anilines is 1. The van der Waals surface area contributed by atoms with Crippen molar-refractivity contribution in [1.29, 1.82) is 0 Å². The van der Waals surface area contributed by atoms with Gasteiger partial charge in [0.1, 0.15) is 5.52 Å². The molecule has 2 aromatic heterocycles. The Bertz CT molecular complexity index is 1340. The molecule has 1 aliphatic heterocycles. The predicted molar refractivity (Wildman–Crippen MR) is 133 cm³/mol. The van der Waals surface area contributed by atoms with Gasteiger partial charge in [0.05, 0.1) is 12.5 Å². The molecular weight excluding hydrogens is 426 g/mol. The fourth-order valence-electron chi connectivity index (χ4n) is 4.49. The highest BCUT2D eigenvalue weighted by atomic mass is 16.2. The Morgan fingerprint density at radius 2 is 1.71 bits per heavy atom. The molecule has 0 spiro atoms. The number of benzene rings is 2. The van der Waals surface area contributed by atoms with Crippen LogP contribution in [0.1, 0.15) is 24.0 Å². The molecule has 5 rings (SSSR count). The molecule has 0 saturated carbocycles. The maximum atomic E-state index is 13.6. The summed E-state index contributed by atoms with van der Waals surface area (Å²) in [4.78, 5) is 37.6. The van der Waals surface area contributed by atoms with E-state index in [2.05, 4.69) is 15.3 Å². The number of carbonyl (C=O) groups excluding carboxylic acids is 1. The molecule has 1 aliphatic rings. The number of nitrogens with one attached hydrogen (secondary N) is 1. The molecule has 1 atom stereocenters. The second-order valence-corrected chi connectivity index (χ2v) is 8.65. The first-order chi connectivity index (χ1) is 16.7. The van der Waals surface area contributed by atoms with Crippen LogP contribution in [0.5, 0.6) is 0 Å². The summed E-state index contributed by atoms with van der Waals surface area (Å²) in [5, 5.41) is 3.05. The predicted octanol–water partition coefficient (Wildman–Crippen LogP) is 3.37. The third kappa shape index (κ3) is 4.69. The minimum atomic E-state index is -0.189. The van der Waals surface area contributed by atoms with Gasteiger partial charge in [-0.15, -0.1) is 0 Å². The molecule has 1 fully saturated rings. The van der Waals surface area contributed by atoms with Crippen molar-refractivity contribution in [1.82, 2.24) is 19.9 Å². The number of nitrogens with zero attached hydrogens (tertiary/aromatic N) is 4. The number of fused-ring (bicyclic) bond motifs is 1. The van der Waals surface area contributed by atoms with Crippen LogP contribution in [0.4, 0.5) is 5.82 Å². The summed E-state index contributed by atoms with van der Waals surface area (Å²) in [6.07, 6.45) is 3.30. The van der Waals surface area contributed by atoms with Gasteiger partial charge in [-0.25, -0.2) is 9.97 Å². The summed E-state index contributed by atoms with van der Waals surface area (Å²) in [7, 11) is 0. The molecule has 0 unspecified atom stereocenters. The molecule has 34 heavy (non-hydrogen) atoms. The zero-order valence-corrected chi connectivity index (χ0v) is 18.9. The molecular formula is C27H27N5O2. The second kappa shape index (κ2) is 9.87. The molecule has 2 aromatic carbocycles. The van der Waals surface area contributed by atoms with Crippen molar-refractivity contribution >= 4 is 22.9 Å². The fourth-order valence-corrected chi connectivity index (χ4v) is 4.49. The third-order valence-corrected chi connectivity index (χ3v) is 6.27. The van der Waals surface area contributed by atoms with E-state index in [0.717, 1.165) is 24.0 Å².